The highest BCUT2D eigenvalue weighted by Crippen LogP contribution is 2.39. The van der Waals surface area contributed by atoms with Crippen molar-refractivity contribution in [3.63, 3.8) is 0 Å². The lowest BCUT2D eigenvalue weighted by Crippen LogP contribution is -2.18. The summed E-state index contributed by atoms with van der Waals surface area (Å²) in [6.45, 7) is 12.6. The van der Waals surface area contributed by atoms with Crippen molar-refractivity contribution >= 4 is 11.6 Å². The molecule has 140 valence electrons. The molecule has 0 fully saturated rings. The fourth-order valence-corrected chi connectivity index (χ4v) is 2.98. The quantitative estimate of drug-likeness (QED) is 0.756. The molecule has 0 aliphatic carbocycles. The smallest absolute Gasteiger partial charge is 0.224 e. The van der Waals surface area contributed by atoms with Crippen LogP contribution in [0, 0.1) is 0 Å². The van der Waals surface area contributed by atoms with Crippen LogP contribution in [0.5, 0.6) is 5.75 Å². The number of hydrogen-bond acceptors (Lipinski definition) is 2. The van der Waals surface area contributed by atoms with Gasteiger partial charge in [0, 0.05) is 12.1 Å². The molecule has 0 atom stereocenters. The Labute approximate surface area is 157 Å². The first-order chi connectivity index (χ1) is 12.0. The van der Waals surface area contributed by atoms with Crippen molar-refractivity contribution in [2.24, 2.45) is 0 Å². The second-order valence-corrected chi connectivity index (χ2v) is 8.95. The number of nitrogens with one attached hydrogen (secondary N) is 1. The molecule has 0 unspecified atom stereocenters. The predicted octanol–water partition coefficient (Wildman–Crippen LogP) is 5.56. The Morgan fingerprint density at radius 2 is 1.42 bits per heavy atom. The van der Waals surface area contributed by atoms with Gasteiger partial charge < -0.3 is 10.4 Å². The molecule has 3 heteroatoms. The Kier molecular flexibility index (Phi) is 5.80. The van der Waals surface area contributed by atoms with Gasteiger partial charge in [-0.1, -0.05) is 71.9 Å². The first kappa shape index (κ1) is 20.0. The molecule has 0 radical (unpaired) electrons. The van der Waals surface area contributed by atoms with E-state index in [-0.39, 0.29) is 16.7 Å². The molecule has 2 N–H and O–H groups in total. The van der Waals surface area contributed by atoms with Gasteiger partial charge in [0.05, 0.1) is 0 Å². The van der Waals surface area contributed by atoms with Crippen LogP contribution in [-0.2, 0) is 22.0 Å². The van der Waals surface area contributed by atoms with Crippen LogP contribution >= 0.6 is 0 Å². The van der Waals surface area contributed by atoms with E-state index in [1.807, 2.05) is 42.5 Å². The molecule has 0 aliphatic heterocycles. The Morgan fingerprint density at radius 1 is 0.923 bits per heavy atom. The van der Waals surface area contributed by atoms with Gasteiger partial charge in [0.25, 0.3) is 0 Å². The minimum atomic E-state index is -0.160. The number of phenolic OH excluding ortho intramolecular Hbond substituents is 1. The third kappa shape index (κ3) is 5.10. The zero-order valence-corrected chi connectivity index (χ0v) is 16.8. The standard InChI is InChI=1S/C23H31NO2/c1-22(2,3)18-14-16(15-19(21(18)26)23(4,5)6)12-13-20(25)24-17-10-8-7-9-11-17/h7-11,14-15,26H,12-13H2,1-6H3,(H,24,25). The Balaban J connectivity index is 2.22. The van der Waals surface area contributed by atoms with Gasteiger partial charge in [-0.2, -0.15) is 0 Å². The second-order valence-electron chi connectivity index (χ2n) is 8.95. The van der Waals surface area contributed by atoms with Crippen LogP contribution in [0.2, 0.25) is 0 Å². The Morgan fingerprint density at radius 3 is 1.88 bits per heavy atom. The van der Waals surface area contributed by atoms with Crippen molar-refractivity contribution in [1.82, 2.24) is 0 Å². The van der Waals surface area contributed by atoms with E-state index in [1.165, 1.54) is 0 Å². The van der Waals surface area contributed by atoms with Gasteiger partial charge >= 0.3 is 0 Å². The molecule has 0 spiro atoms. The van der Waals surface area contributed by atoms with Crippen molar-refractivity contribution < 1.29 is 9.90 Å². The van der Waals surface area contributed by atoms with Gasteiger partial charge in [-0.05, 0) is 46.1 Å². The van der Waals surface area contributed by atoms with Crippen molar-refractivity contribution in [3.8, 4) is 5.75 Å². The number of hydrogen-bond donors (Lipinski definition) is 2. The van der Waals surface area contributed by atoms with Gasteiger partial charge in [0.1, 0.15) is 5.75 Å². The molecule has 26 heavy (non-hydrogen) atoms. The maximum absolute atomic E-state index is 12.3. The molecule has 0 saturated heterocycles. The van der Waals surface area contributed by atoms with Gasteiger partial charge in [-0.25, -0.2) is 0 Å². The Hall–Kier alpha value is -2.29. The molecule has 0 bridgehead atoms. The first-order valence-corrected chi connectivity index (χ1v) is 9.20. The monoisotopic (exact) mass is 353 g/mol. The van der Waals surface area contributed by atoms with E-state index < -0.39 is 0 Å². The minimum Gasteiger partial charge on any atom is -0.507 e. The van der Waals surface area contributed by atoms with Crippen molar-refractivity contribution in [2.75, 3.05) is 5.32 Å². The average molecular weight is 354 g/mol. The number of anilines is 1. The second kappa shape index (κ2) is 7.53. The number of phenols is 1. The minimum absolute atomic E-state index is 0.00103. The summed E-state index contributed by atoms with van der Waals surface area (Å²) in [7, 11) is 0. The molecule has 2 rings (SSSR count). The summed E-state index contributed by atoms with van der Waals surface area (Å²) in [6.07, 6.45) is 1.05. The summed E-state index contributed by atoms with van der Waals surface area (Å²) in [5.41, 5.74) is 3.44. The van der Waals surface area contributed by atoms with E-state index in [1.54, 1.807) is 0 Å². The number of aryl methyl sites for hydroxylation is 1. The van der Waals surface area contributed by atoms with Crippen LogP contribution in [-0.4, -0.2) is 11.0 Å². The first-order valence-electron chi connectivity index (χ1n) is 9.20. The topological polar surface area (TPSA) is 49.3 Å². The molecular formula is C23H31NO2. The number of benzene rings is 2. The summed E-state index contributed by atoms with van der Waals surface area (Å²) >= 11 is 0. The highest BCUT2D eigenvalue weighted by Gasteiger charge is 2.26. The van der Waals surface area contributed by atoms with Gasteiger partial charge in [-0.3, -0.25) is 4.79 Å². The number of aromatic hydroxyl groups is 1. The summed E-state index contributed by atoms with van der Waals surface area (Å²) in [5, 5.41) is 13.7. The molecule has 0 aromatic heterocycles. The van der Waals surface area contributed by atoms with Gasteiger partial charge in [-0.15, -0.1) is 0 Å². The molecule has 0 heterocycles. The van der Waals surface area contributed by atoms with E-state index in [0.29, 0.717) is 18.6 Å². The molecule has 3 nitrogen and oxygen atoms in total. The summed E-state index contributed by atoms with van der Waals surface area (Å²) in [6, 6.07) is 13.6. The predicted molar refractivity (Wildman–Crippen MR) is 109 cm³/mol. The van der Waals surface area contributed by atoms with Crippen LogP contribution in [0.1, 0.15) is 64.7 Å². The molecule has 1 amide bonds. The van der Waals surface area contributed by atoms with Crippen molar-refractivity contribution in [1.29, 1.82) is 0 Å². The summed E-state index contributed by atoms with van der Waals surface area (Å²) < 4.78 is 0. The normalized spacial score (nSPS) is 12.1. The van der Waals surface area contributed by atoms with E-state index in [4.69, 9.17) is 0 Å². The van der Waals surface area contributed by atoms with Crippen LogP contribution in [0.4, 0.5) is 5.69 Å². The van der Waals surface area contributed by atoms with E-state index in [0.717, 1.165) is 22.4 Å². The highest BCUT2D eigenvalue weighted by atomic mass is 16.3. The number of amides is 1. The zero-order chi connectivity index (χ0) is 19.5. The molecule has 2 aromatic carbocycles. The molecular weight excluding hydrogens is 322 g/mol. The lowest BCUT2D eigenvalue weighted by atomic mass is 9.78. The average Bonchev–Trinajstić information content (AvgIpc) is 2.52. The van der Waals surface area contributed by atoms with Gasteiger partial charge in [0.15, 0.2) is 0 Å². The number of para-hydroxylation sites is 1. The van der Waals surface area contributed by atoms with E-state index in [9.17, 15) is 9.90 Å². The largest absolute Gasteiger partial charge is 0.507 e. The van der Waals surface area contributed by atoms with E-state index >= 15 is 0 Å². The maximum atomic E-state index is 12.3. The van der Waals surface area contributed by atoms with Crippen LogP contribution < -0.4 is 5.32 Å². The van der Waals surface area contributed by atoms with Gasteiger partial charge in [0.2, 0.25) is 5.91 Å². The van der Waals surface area contributed by atoms with Crippen LogP contribution in [0.15, 0.2) is 42.5 Å². The lowest BCUT2D eigenvalue weighted by Gasteiger charge is -2.28. The summed E-state index contributed by atoms with van der Waals surface area (Å²) in [4.78, 5) is 12.3. The van der Waals surface area contributed by atoms with Crippen molar-refractivity contribution in [3.05, 3.63) is 59.2 Å². The SMILES string of the molecule is CC(C)(C)c1cc(CCC(=O)Nc2ccccc2)cc(C(C)(C)C)c1O. The summed E-state index contributed by atoms with van der Waals surface area (Å²) in [5.74, 6) is 0.376. The fourth-order valence-electron chi connectivity index (χ4n) is 2.98. The third-order valence-corrected chi connectivity index (χ3v) is 4.48. The van der Waals surface area contributed by atoms with E-state index in [2.05, 4.69) is 46.9 Å². The zero-order valence-electron chi connectivity index (χ0n) is 16.8. The maximum Gasteiger partial charge on any atom is 0.224 e. The van der Waals surface area contributed by atoms with Crippen LogP contribution in [0.3, 0.4) is 0 Å². The van der Waals surface area contributed by atoms with Crippen molar-refractivity contribution in [2.45, 2.75) is 65.2 Å². The lowest BCUT2D eigenvalue weighted by molar-refractivity contribution is -0.116. The Bertz CT molecular complexity index is 730. The number of carbonyl (C=O) groups excluding carboxylic acids is 1. The molecule has 0 aliphatic rings. The molecule has 2 aromatic rings. The fraction of sp³-hybridized carbons (Fsp3) is 0.435. The number of carbonyl (C=O) groups is 1. The highest BCUT2D eigenvalue weighted by molar-refractivity contribution is 5.90. The third-order valence-electron chi connectivity index (χ3n) is 4.48. The molecule has 0 saturated carbocycles. The van der Waals surface area contributed by atoms with Crippen LogP contribution in [0.25, 0.3) is 0 Å². The number of rotatable bonds is 4.